The van der Waals surface area contributed by atoms with Gasteiger partial charge in [0.05, 0.1) is 18.6 Å². The standard InChI is InChI=1S/C17H28O7/c1-8-12(23-15(19)24-16(2,3)4)17(5,6)14(20-7)11-9-13(18)22-10-21-11/h8,11-12,14H,1,9-10H2,2-7H3/t11-,12+,14+/m1/s1. The van der Waals surface area contributed by atoms with E-state index >= 15 is 0 Å². The molecule has 0 bridgehead atoms. The minimum atomic E-state index is -0.792. The summed E-state index contributed by atoms with van der Waals surface area (Å²) in [7, 11) is 1.52. The molecule has 1 fully saturated rings. The highest BCUT2D eigenvalue weighted by atomic mass is 16.7. The molecule has 7 nitrogen and oxygen atoms in total. The predicted octanol–water partition coefficient (Wildman–Crippen LogP) is 2.82. The minimum absolute atomic E-state index is 0.0677. The van der Waals surface area contributed by atoms with Gasteiger partial charge in [-0.1, -0.05) is 26.5 Å². The minimum Gasteiger partial charge on any atom is -0.438 e. The van der Waals surface area contributed by atoms with Crippen molar-refractivity contribution in [1.82, 2.24) is 0 Å². The fourth-order valence-electron chi connectivity index (χ4n) is 2.64. The number of rotatable bonds is 6. The van der Waals surface area contributed by atoms with E-state index in [1.807, 2.05) is 13.8 Å². The maximum atomic E-state index is 12.0. The maximum Gasteiger partial charge on any atom is 0.509 e. The summed E-state index contributed by atoms with van der Waals surface area (Å²) in [6.45, 7) is 12.6. The normalized spacial score (nSPS) is 21.4. The number of ether oxygens (including phenoxy) is 5. The lowest BCUT2D eigenvalue weighted by atomic mass is 9.77. The van der Waals surface area contributed by atoms with Gasteiger partial charge in [0.1, 0.15) is 11.7 Å². The Hall–Kier alpha value is -1.60. The van der Waals surface area contributed by atoms with Crippen molar-refractivity contribution in [2.24, 2.45) is 5.41 Å². The highest BCUT2D eigenvalue weighted by Crippen LogP contribution is 2.35. The zero-order valence-electron chi connectivity index (χ0n) is 15.3. The molecule has 1 aliphatic rings. The van der Waals surface area contributed by atoms with Crippen LogP contribution < -0.4 is 0 Å². The van der Waals surface area contributed by atoms with Crippen LogP contribution in [0.15, 0.2) is 12.7 Å². The monoisotopic (exact) mass is 344 g/mol. The second kappa shape index (κ2) is 7.98. The molecule has 0 aromatic carbocycles. The van der Waals surface area contributed by atoms with Crippen LogP contribution in [0, 0.1) is 5.41 Å². The SMILES string of the molecule is C=C[C@H](OC(=O)OC(C)(C)C)C(C)(C)[C@@H](OC)[C@H]1CC(=O)OCO1. The Labute approximate surface area is 143 Å². The fourth-order valence-corrected chi connectivity index (χ4v) is 2.64. The molecule has 0 saturated carbocycles. The first-order valence-electron chi connectivity index (χ1n) is 7.83. The molecule has 0 aromatic rings. The van der Waals surface area contributed by atoms with Gasteiger partial charge in [0, 0.05) is 12.5 Å². The van der Waals surface area contributed by atoms with Crippen molar-refractivity contribution in [1.29, 1.82) is 0 Å². The first-order chi connectivity index (χ1) is 11.0. The van der Waals surface area contributed by atoms with Gasteiger partial charge in [-0.15, -0.1) is 0 Å². The van der Waals surface area contributed by atoms with Crippen molar-refractivity contribution in [2.75, 3.05) is 13.9 Å². The Morgan fingerprint density at radius 1 is 1.33 bits per heavy atom. The molecular formula is C17H28O7. The summed E-state index contributed by atoms with van der Waals surface area (Å²) in [4.78, 5) is 23.5. The van der Waals surface area contributed by atoms with Gasteiger partial charge in [0.2, 0.25) is 0 Å². The number of hydrogen-bond acceptors (Lipinski definition) is 7. The zero-order chi connectivity index (χ0) is 18.5. The van der Waals surface area contributed by atoms with Crippen LogP contribution in [-0.2, 0) is 28.5 Å². The van der Waals surface area contributed by atoms with Crippen LogP contribution in [0.3, 0.4) is 0 Å². The quantitative estimate of drug-likeness (QED) is 0.541. The average Bonchev–Trinajstić information content (AvgIpc) is 2.43. The van der Waals surface area contributed by atoms with Gasteiger partial charge >= 0.3 is 12.1 Å². The Balaban J connectivity index is 2.88. The molecule has 0 radical (unpaired) electrons. The summed E-state index contributed by atoms with van der Waals surface area (Å²) in [6.07, 6.45) is -0.931. The summed E-state index contributed by atoms with van der Waals surface area (Å²) in [6, 6.07) is 0. The van der Waals surface area contributed by atoms with Crippen LogP contribution in [-0.4, -0.2) is 49.9 Å². The molecular weight excluding hydrogens is 316 g/mol. The third-order valence-electron chi connectivity index (χ3n) is 3.75. The molecule has 0 aromatic heterocycles. The summed E-state index contributed by atoms with van der Waals surface area (Å²) in [5.74, 6) is -0.354. The smallest absolute Gasteiger partial charge is 0.438 e. The van der Waals surface area contributed by atoms with E-state index in [0.29, 0.717) is 0 Å². The van der Waals surface area contributed by atoms with Crippen LogP contribution in [0.1, 0.15) is 41.0 Å². The van der Waals surface area contributed by atoms with Gasteiger partial charge < -0.3 is 23.7 Å². The summed E-state index contributed by atoms with van der Waals surface area (Å²) >= 11 is 0. The Morgan fingerprint density at radius 2 is 1.96 bits per heavy atom. The zero-order valence-corrected chi connectivity index (χ0v) is 15.3. The first kappa shape index (κ1) is 20.4. The van der Waals surface area contributed by atoms with Crippen molar-refractivity contribution < 1.29 is 33.3 Å². The number of carbonyl (C=O) groups excluding carboxylic acids is 2. The molecule has 1 saturated heterocycles. The number of hydrogen-bond donors (Lipinski definition) is 0. The van der Waals surface area contributed by atoms with Crippen LogP contribution in [0.2, 0.25) is 0 Å². The van der Waals surface area contributed by atoms with Gasteiger partial charge in [-0.05, 0) is 20.8 Å². The van der Waals surface area contributed by atoms with Crippen molar-refractivity contribution in [2.45, 2.75) is 65.0 Å². The number of methoxy groups -OCH3 is 1. The van der Waals surface area contributed by atoms with Crippen molar-refractivity contribution in [3.05, 3.63) is 12.7 Å². The largest absolute Gasteiger partial charge is 0.509 e. The molecule has 7 heteroatoms. The average molecular weight is 344 g/mol. The molecule has 1 heterocycles. The molecule has 1 aliphatic heterocycles. The highest BCUT2D eigenvalue weighted by molar-refractivity contribution is 5.70. The number of cyclic esters (lactones) is 1. The van der Waals surface area contributed by atoms with Crippen molar-refractivity contribution in [3.63, 3.8) is 0 Å². The van der Waals surface area contributed by atoms with E-state index in [-0.39, 0.29) is 19.2 Å². The summed E-state index contributed by atoms with van der Waals surface area (Å²) in [5.41, 5.74) is -1.38. The predicted molar refractivity (Wildman–Crippen MR) is 86.3 cm³/mol. The van der Waals surface area contributed by atoms with E-state index in [2.05, 4.69) is 6.58 Å². The van der Waals surface area contributed by atoms with Gasteiger partial charge in [0.25, 0.3) is 0 Å². The van der Waals surface area contributed by atoms with Crippen molar-refractivity contribution >= 4 is 12.1 Å². The second-order valence-electron chi connectivity index (χ2n) is 7.26. The lowest BCUT2D eigenvalue weighted by Crippen LogP contribution is -2.51. The molecule has 138 valence electrons. The molecule has 0 unspecified atom stereocenters. The molecule has 0 aliphatic carbocycles. The molecule has 1 rings (SSSR count). The van der Waals surface area contributed by atoms with E-state index in [9.17, 15) is 9.59 Å². The van der Waals surface area contributed by atoms with Crippen molar-refractivity contribution in [3.8, 4) is 0 Å². The van der Waals surface area contributed by atoms with E-state index in [0.717, 1.165) is 0 Å². The van der Waals surface area contributed by atoms with Gasteiger partial charge in [-0.25, -0.2) is 4.79 Å². The van der Waals surface area contributed by atoms with Crippen LogP contribution >= 0.6 is 0 Å². The van der Waals surface area contributed by atoms with E-state index in [1.165, 1.54) is 13.2 Å². The fraction of sp³-hybridized carbons (Fsp3) is 0.765. The second-order valence-corrected chi connectivity index (χ2v) is 7.26. The Bertz CT molecular complexity index is 464. The maximum absolute atomic E-state index is 12.0. The molecule has 24 heavy (non-hydrogen) atoms. The molecule has 0 N–H and O–H groups in total. The van der Waals surface area contributed by atoms with E-state index in [4.69, 9.17) is 23.7 Å². The highest BCUT2D eigenvalue weighted by Gasteiger charge is 2.45. The molecule has 3 atom stereocenters. The van der Waals surface area contributed by atoms with Gasteiger partial charge in [0.15, 0.2) is 6.79 Å². The topological polar surface area (TPSA) is 80.3 Å². The Morgan fingerprint density at radius 3 is 2.42 bits per heavy atom. The van der Waals surface area contributed by atoms with Gasteiger partial charge in [-0.2, -0.15) is 0 Å². The van der Waals surface area contributed by atoms with E-state index < -0.39 is 35.5 Å². The molecule has 0 spiro atoms. The van der Waals surface area contributed by atoms with E-state index in [1.54, 1.807) is 20.8 Å². The number of carbonyl (C=O) groups is 2. The van der Waals surface area contributed by atoms with Crippen LogP contribution in [0.25, 0.3) is 0 Å². The number of esters is 1. The van der Waals surface area contributed by atoms with Gasteiger partial charge in [-0.3, -0.25) is 4.79 Å². The lowest BCUT2D eigenvalue weighted by molar-refractivity contribution is -0.209. The summed E-state index contributed by atoms with van der Waals surface area (Å²) < 4.78 is 26.4. The first-order valence-corrected chi connectivity index (χ1v) is 7.83. The lowest BCUT2D eigenvalue weighted by Gasteiger charge is -2.42. The van der Waals surface area contributed by atoms with Crippen LogP contribution in [0.4, 0.5) is 4.79 Å². The van der Waals surface area contributed by atoms with Crippen LogP contribution in [0.5, 0.6) is 0 Å². The Kier molecular flexibility index (Phi) is 6.80. The third-order valence-corrected chi connectivity index (χ3v) is 3.75. The third kappa shape index (κ3) is 5.49. The summed E-state index contributed by atoms with van der Waals surface area (Å²) in [5, 5.41) is 0. The molecule has 0 amide bonds.